The first-order chi connectivity index (χ1) is 13.6. The molecule has 0 spiro atoms. The Labute approximate surface area is 167 Å². The molecule has 0 fully saturated rings. The van der Waals surface area contributed by atoms with Crippen LogP contribution in [0.5, 0.6) is 0 Å². The molecule has 1 atom stereocenters. The second-order valence-electron chi connectivity index (χ2n) is 6.41. The zero-order valence-corrected chi connectivity index (χ0v) is 16.0. The van der Waals surface area contributed by atoms with E-state index in [1.807, 2.05) is 60.7 Å². The molecule has 2 aromatic carbocycles. The van der Waals surface area contributed by atoms with Gasteiger partial charge in [0.05, 0.1) is 5.88 Å². The van der Waals surface area contributed by atoms with Crippen molar-refractivity contribution in [2.45, 2.75) is 25.7 Å². The topological polar surface area (TPSA) is 91.0 Å². The van der Waals surface area contributed by atoms with Crippen molar-refractivity contribution in [1.82, 2.24) is 15.2 Å². The molecule has 1 aromatic heterocycles. The van der Waals surface area contributed by atoms with Gasteiger partial charge < -0.3 is 10.4 Å². The molecule has 0 saturated carbocycles. The van der Waals surface area contributed by atoms with Crippen LogP contribution >= 0.6 is 11.6 Å². The highest BCUT2D eigenvalue weighted by molar-refractivity contribution is 6.18. The average molecular weight is 402 g/mol. The molecule has 0 saturated heterocycles. The van der Waals surface area contributed by atoms with Gasteiger partial charge in [-0.05, 0) is 11.1 Å². The van der Waals surface area contributed by atoms with Crippen LogP contribution in [0.4, 0.5) is 0 Å². The van der Waals surface area contributed by atoms with Gasteiger partial charge in [0.2, 0.25) is 0 Å². The van der Waals surface area contributed by atoms with Crippen LogP contribution in [-0.4, -0.2) is 32.9 Å². The third-order valence-electron chi connectivity index (χ3n) is 4.22. The molecule has 0 aliphatic heterocycles. The summed E-state index contributed by atoms with van der Waals surface area (Å²) in [5, 5.41) is 15.5. The molecule has 3 aromatic rings. The maximum atomic E-state index is 12.9. The first kappa shape index (κ1) is 19.9. The van der Waals surface area contributed by atoms with E-state index < -0.39 is 17.6 Å². The number of aromatic nitrogens is 3. The SMILES string of the molecule is O=C(NCc1ccccc1)c1c(=O)n(Cc2ccccc2)[nH][n+]1CC(O)CCl. The molecule has 0 bridgehead atoms. The molecule has 146 valence electrons. The highest BCUT2D eigenvalue weighted by Gasteiger charge is 2.29. The van der Waals surface area contributed by atoms with E-state index in [0.29, 0.717) is 6.54 Å². The minimum Gasteiger partial charge on any atom is -0.388 e. The van der Waals surface area contributed by atoms with Gasteiger partial charge in [0.1, 0.15) is 19.2 Å². The molecule has 8 heteroatoms. The summed E-state index contributed by atoms with van der Waals surface area (Å²) in [7, 11) is 0. The van der Waals surface area contributed by atoms with Crippen molar-refractivity contribution in [2.24, 2.45) is 0 Å². The smallest absolute Gasteiger partial charge is 0.388 e. The minimum absolute atomic E-state index is 0.00855. The van der Waals surface area contributed by atoms with Crippen LogP contribution in [0.15, 0.2) is 65.5 Å². The number of aromatic amines is 1. The van der Waals surface area contributed by atoms with Gasteiger partial charge in [-0.1, -0.05) is 65.9 Å². The summed E-state index contributed by atoms with van der Waals surface area (Å²) in [4.78, 5) is 25.6. The Kier molecular flexibility index (Phi) is 6.62. The number of benzene rings is 2. The van der Waals surface area contributed by atoms with Gasteiger partial charge in [0.15, 0.2) is 0 Å². The van der Waals surface area contributed by atoms with Crippen molar-refractivity contribution in [3.63, 3.8) is 0 Å². The van der Waals surface area contributed by atoms with E-state index in [1.165, 1.54) is 9.36 Å². The van der Waals surface area contributed by atoms with Gasteiger partial charge in [0, 0.05) is 6.54 Å². The van der Waals surface area contributed by atoms with E-state index in [4.69, 9.17) is 11.6 Å². The standard InChI is InChI=1S/C20H21ClN4O3/c21-11-17(26)14-24-18(19(27)22-12-15-7-3-1-4-8-15)20(28)25(23-24)13-16-9-5-2-6-10-16/h1-10,17,26H,11-14H2,(H-,22,23,27,28)/p+1. The van der Waals surface area contributed by atoms with Gasteiger partial charge in [-0.25, -0.2) is 4.79 Å². The predicted molar refractivity (Wildman–Crippen MR) is 105 cm³/mol. The van der Waals surface area contributed by atoms with Crippen molar-refractivity contribution < 1.29 is 14.6 Å². The molecular weight excluding hydrogens is 380 g/mol. The summed E-state index contributed by atoms with van der Waals surface area (Å²) in [6.45, 7) is 0.582. The molecule has 1 unspecified atom stereocenters. The lowest BCUT2D eigenvalue weighted by atomic mass is 10.2. The first-order valence-corrected chi connectivity index (χ1v) is 9.44. The second-order valence-corrected chi connectivity index (χ2v) is 6.72. The summed E-state index contributed by atoms with van der Waals surface area (Å²) in [5.74, 6) is -0.525. The number of nitrogens with one attached hydrogen (secondary N) is 2. The summed E-state index contributed by atoms with van der Waals surface area (Å²) in [6.07, 6.45) is -0.893. The van der Waals surface area contributed by atoms with Gasteiger partial charge >= 0.3 is 17.2 Å². The second kappa shape index (κ2) is 9.34. The fourth-order valence-electron chi connectivity index (χ4n) is 2.83. The zero-order valence-electron chi connectivity index (χ0n) is 15.2. The number of nitrogens with zero attached hydrogens (tertiary/aromatic N) is 2. The van der Waals surface area contributed by atoms with E-state index in [2.05, 4.69) is 10.5 Å². The molecule has 7 nitrogen and oxygen atoms in total. The third kappa shape index (κ3) is 4.88. The van der Waals surface area contributed by atoms with Crippen LogP contribution in [0.1, 0.15) is 21.6 Å². The fourth-order valence-corrected chi connectivity index (χ4v) is 2.93. The number of rotatable bonds is 8. The number of hydrogen-bond donors (Lipinski definition) is 3. The van der Waals surface area contributed by atoms with Gasteiger partial charge in [-0.3, -0.25) is 4.79 Å². The number of carbonyl (C=O) groups is 1. The van der Waals surface area contributed by atoms with Crippen LogP contribution in [0.3, 0.4) is 0 Å². The Hall–Kier alpha value is -2.90. The average Bonchev–Trinajstić information content (AvgIpc) is 3.02. The maximum Gasteiger partial charge on any atom is 0.406 e. The maximum absolute atomic E-state index is 12.9. The van der Waals surface area contributed by atoms with E-state index in [-0.39, 0.29) is 24.7 Å². The van der Waals surface area contributed by atoms with Crippen LogP contribution in [0.25, 0.3) is 0 Å². The normalized spacial score (nSPS) is 11.9. The molecule has 0 aliphatic rings. The van der Waals surface area contributed by atoms with Crippen LogP contribution in [-0.2, 0) is 19.6 Å². The molecular formula is C20H22ClN4O3+. The minimum atomic E-state index is -0.893. The summed E-state index contributed by atoms with van der Waals surface area (Å²) >= 11 is 5.69. The van der Waals surface area contributed by atoms with E-state index in [0.717, 1.165) is 11.1 Å². The number of amides is 1. The number of hydrogen-bond acceptors (Lipinski definition) is 3. The van der Waals surface area contributed by atoms with Gasteiger partial charge in [-0.15, -0.1) is 21.0 Å². The molecule has 1 heterocycles. The molecule has 28 heavy (non-hydrogen) atoms. The first-order valence-electron chi connectivity index (χ1n) is 8.91. The Morgan fingerprint density at radius 3 is 2.32 bits per heavy atom. The molecule has 1 amide bonds. The number of aliphatic hydroxyl groups excluding tert-OH is 1. The van der Waals surface area contributed by atoms with Crippen molar-refractivity contribution in [1.29, 1.82) is 0 Å². The zero-order chi connectivity index (χ0) is 19.9. The number of halogens is 1. The number of aliphatic hydroxyl groups is 1. The quantitative estimate of drug-likeness (QED) is 0.389. The van der Waals surface area contributed by atoms with Crippen LogP contribution in [0.2, 0.25) is 0 Å². The predicted octanol–water partition coefficient (Wildman–Crippen LogP) is 1.04. The number of carbonyl (C=O) groups excluding carboxylic acids is 1. The molecule has 0 aliphatic carbocycles. The lowest BCUT2D eigenvalue weighted by molar-refractivity contribution is -0.761. The van der Waals surface area contributed by atoms with Crippen LogP contribution < -0.4 is 15.6 Å². The Bertz CT molecular complexity index is 970. The Balaban J connectivity index is 1.86. The lowest BCUT2D eigenvalue weighted by Crippen LogP contribution is -2.50. The number of H-pyrrole nitrogens is 1. The monoisotopic (exact) mass is 401 g/mol. The Morgan fingerprint density at radius 1 is 1.11 bits per heavy atom. The molecule has 3 rings (SSSR count). The summed E-state index contributed by atoms with van der Waals surface area (Å²) in [5.41, 5.74) is 1.29. The highest BCUT2D eigenvalue weighted by Crippen LogP contribution is 2.01. The fraction of sp³-hybridized carbons (Fsp3) is 0.250. The summed E-state index contributed by atoms with van der Waals surface area (Å²) < 4.78 is 2.69. The molecule has 0 radical (unpaired) electrons. The highest BCUT2D eigenvalue weighted by atomic mass is 35.5. The summed E-state index contributed by atoms with van der Waals surface area (Å²) in [6, 6.07) is 18.8. The Morgan fingerprint density at radius 2 is 1.71 bits per heavy atom. The van der Waals surface area contributed by atoms with Crippen molar-refractivity contribution in [3.8, 4) is 0 Å². The van der Waals surface area contributed by atoms with Crippen molar-refractivity contribution in [2.75, 3.05) is 5.88 Å². The third-order valence-corrected chi connectivity index (χ3v) is 4.58. The lowest BCUT2D eigenvalue weighted by Gasteiger charge is -2.05. The van der Waals surface area contributed by atoms with E-state index >= 15 is 0 Å². The van der Waals surface area contributed by atoms with Crippen LogP contribution in [0, 0.1) is 0 Å². The largest absolute Gasteiger partial charge is 0.406 e. The van der Waals surface area contributed by atoms with Gasteiger partial charge in [0.25, 0.3) is 0 Å². The number of alkyl halides is 1. The van der Waals surface area contributed by atoms with Crippen molar-refractivity contribution >= 4 is 17.5 Å². The van der Waals surface area contributed by atoms with E-state index in [9.17, 15) is 14.7 Å². The van der Waals surface area contributed by atoms with Crippen molar-refractivity contribution in [3.05, 3.63) is 87.8 Å². The van der Waals surface area contributed by atoms with E-state index in [1.54, 1.807) is 0 Å². The van der Waals surface area contributed by atoms with Gasteiger partial charge in [-0.2, -0.15) is 0 Å². The molecule has 3 N–H and O–H groups in total.